The van der Waals surface area contributed by atoms with E-state index in [2.05, 4.69) is 15.4 Å². The van der Waals surface area contributed by atoms with Crippen molar-refractivity contribution in [2.45, 2.75) is 24.8 Å². The highest BCUT2D eigenvalue weighted by Gasteiger charge is 2.22. The number of nitrogens with one attached hydrogen (secondary N) is 3. The summed E-state index contributed by atoms with van der Waals surface area (Å²) in [5.74, 6) is -1.01. The van der Waals surface area contributed by atoms with Crippen LogP contribution in [-0.4, -0.2) is 46.5 Å². The van der Waals surface area contributed by atoms with E-state index in [0.717, 1.165) is 31.3 Å². The SMILES string of the molecule is CC(C)NC(=O)c1ccc(N2CCNCC2)c(NS(=O)(=O)c2ccc(F)c(Cl)c2)c1. The number of hydrogen-bond donors (Lipinski definition) is 3. The van der Waals surface area contributed by atoms with Crippen molar-refractivity contribution in [3.05, 3.63) is 52.8 Å². The fourth-order valence-corrected chi connectivity index (χ4v) is 4.47. The van der Waals surface area contributed by atoms with Gasteiger partial charge in [-0.15, -0.1) is 0 Å². The van der Waals surface area contributed by atoms with Crippen molar-refractivity contribution in [1.29, 1.82) is 0 Å². The van der Waals surface area contributed by atoms with Gasteiger partial charge in [-0.2, -0.15) is 0 Å². The number of sulfonamides is 1. The molecule has 2 aromatic carbocycles. The number of benzene rings is 2. The Hall–Kier alpha value is -2.36. The maximum absolute atomic E-state index is 13.5. The molecule has 0 atom stereocenters. The van der Waals surface area contributed by atoms with Gasteiger partial charge in [0, 0.05) is 37.8 Å². The second-order valence-electron chi connectivity index (χ2n) is 7.28. The van der Waals surface area contributed by atoms with Crippen LogP contribution in [0.2, 0.25) is 5.02 Å². The Balaban J connectivity index is 2.00. The Bertz CT molecular complexity index is 1040. The lowest BCUT2D eigenvalue weighted by Crippen LogP contribution is -2.43. The normalized spacial score (nSPS) is 14.6. The van der Waals surface area contributed by atoms with Gasteiger partial charge in [-0.25, -0.2) is 12.8 Å². The number of nitrogens with zero attached hydrogens (tertiary/aromatic N) is 1. The summed E-state index contributed by atoms with van der Waals surface area (Å²) in [4.78, 5) is 14.3. The molecular weight excluding hydrogens is 431 g/mol. The summed E-state index contributed by atoms with van der Waals surface area (Å²) in [5, 5.41) is 5.75. The Morgan fingerprint density at radius 1 is 1.17 bits per heavy atom. The predicted molar refractivity (Wildman–Crippen MR) is 116 cm³/mol. The topological polar surface area (TPSA) is 90.5 Å². The lowest BCUT2D eigenvalue weighted by molar-refractivity contribution is 0.0943. The smallest absolute Gasteiger partial charge is 0.262 e. The van der Waals surface area contributed by atoms with E-state index in [9.17, 15) is 17.6 Å². The second-order valence-corrected chi connectivity index (χ2v) is 9.37. The minimum Gasteiger partial charge on any atom is -0.367 e. The fourth-order valence-electron chi connectivity index (χ4n) is 3.13. The van der Waals surface area contributed by atoms with Crippen LogP contribution >= 0.6 is 11.6 Å². The fraction of sp³-hybridized carbons (Fsp3) is 0.350. The van der Waals surface area contributed by atoms with Crippen LogP contribution in [0.25, 0.3) is 0 Å². The van der Waals surface area contributed by atoms with Gasteiger partial charge in [-0.05, 0) is 50.2 Å². The molecule has 0 unspecified atom stereocenters. The summed E-state index contributed by atoms with van der Waals surface area (Å²) in [6.45, 7) is 6.58. The number of amides is 1. The highest BCUT2D eigenvalue weighted by molar-refractivity contribution is 7.92. The van der Waals surface area contributed by atoms with E-state index in [1.54, 1.807) is 12.1 Å². The molecule has 1 heterocycles. The highest BCUT2D eigenvalue weighted by Crippen LogP contribution is 2.30. The zero-order chi connectivity index (χ0) is 21.9. The number of halogens is 2. The molecule has 3 rings (SSSR count). The van der Waals surface area contributed by atoms with Gasteiger partial charge in [0.1, 0.15) is 5.82 Å². The second kappa shape index (κ2) is 9.20. The van der Waals surface area contributed by atoms with Crippen molar-refractivity contribution in [2.75, 3.05) is 35.8 Å². The van der Waals surface area contributed by atoms with Crippen LogP contribution in [0, 0.1) is 5.82 Å². The van der Waals surface area contributed by atoms with E-state index < -0.39 is 15.8 Å². The molecule has 2 aromatic rings. The lowest BCUT2D eigenvalue weighted by Gasteiger charge is -2.31. The van der Waals surface area contributed by atoms with Crippen molar-refractivity contribution in [3.8, 4) is 0 Å². The average molecular weight is 455 g/mol. The third-order valence-corrected chi connectivity index (χ3v) is 6.23. The van der Waals surface area contributed by atoms with E-state index in [0.29, 0.717) is 24.3 Å². The van der Waals surface area contributed by atoms with Crippen LogP contribution in [0.4, 0.5) is 15.8 Å². The Labute approximate surface area is 180 Å². The molecule has 1 aliphatic rings. The van der Waals surface area contributed by atoms with Crippen molar-refractivity contribution in [3.63, 3.8) is 0 Å². The molecule has 0 aromatic heterocycles. The maximum Gasteiger partial charge on any atom is 0.262 e. The van der Waals surface area contributed by atoms with Gasteiger partial charge < -0.3 is 15.5 Å². The summed E-state index contributed by atoms with van der Waals surface area (Å²) < 4.78 is 41.9. The molecule has 7 nitrogen and oxygen atoms in total. The summed E-state index contributed by atoms with van der Waals surface area (Å²) >= 11 is 5.76. The predicted octanol–water partition coefficient (Wildman–Crippen LogP) is 2.83. The van der Waals surface area contributed by atoms with Gasteiger partial charge in [-0.3, -0.25) is 9.52 Å². The van der Waals surface area contributed by atoms with Crippen molar-refractivity contribution < 1.29 is 17.6 Å². The highest BCUT2D eigenvalue weighted by atomic mass is 35.5. The maximum atomic E-state index is 13.5. The van der Waals surface area contributed by atoms with Gasteiger partial charge in [0.2, 0.25) is 0 Å². The summed E-state index contributed by atoms with van der Waals surface area (Å²) in [7, 11) is -4.05. The molecule has 30 heavy (non-hydrogen) atoms. The molecule has 0 radical (unpaired) electrons. The Kier molecular flexibility index (Phi) is 6.84. The first-order valence-electron chi connectivity index (χ1n) is 9.56. The number of carbonyl (C=O) groups excluding carboxylic acids is 1. The molecule has 0 spiro atoms. The Morgan fingerprint density at radius 2 is 1.87 bits per heavy atom. The number of rotatable bonds is 6. The van der Waals surface area contributed by atoms with E-state index in [-0.39, 0.29) is 27.6 Å². The third-order valence-electron chi connectivity index (χ3n) is 4.58. The summed E-state index contributed by atoms with van der Waals surface area (Å²) in [6.07, 6.45) is 0. The van der Waals surface area contributed by atoms with Gasteiger partial charge in [-0.1, -0.05) is 11.6 Å². The quantitative estimate of drug-likeness (QED) is 0.624. The number of hydrogen-bond acceptors (Lipinski definition) is 5. The molecule has 162 valence electrons. The lowest BCUT2D eigenvalue weighted by atomic mass is 10.1. The van der Waals surface area contributed by atoms with Gasteiger partial charge in [0.15, 0.2) is 0 Å². The van der Waals surface area contributed by atoms with E-state index in [4.69, 9.17) is 11.6 Å². The third kappa shape index (κ3) is 5.21. The molecule has 0 aliphatic carbocycles. The first-order valence-corrected chi connectivity index (χ1v) is 11.4. The monoisotopic (exact) mass is 454 g/mol. The molecule has 1 aliphatic heterocycles. The average Bonchev–Trinajstić information content (AvgIpc) is 2.69. The zero-order valence-electron chi connectivity index (χ0n) is 16.7. The van der Waals surface area contributed by atoms with Crippen LogP contribution < -0.4 is 20.3 Å². The van der Waals surface area contributed by atoms with Crippen LogP contribution in [0.15, 0.2) is 41.3 Å². The van der Waals surface area contributed by atoms with E-state index >= 15 is 0 Å². The molecule has 0 bridgehead atoms. The standard InChI is InChI=1S/C20H24ClFN4O3S/c1-13(2)24-20(27)14-3-6-19(26-9-7-23-8-10-26)18(11-14)25-30(28,29)15-4-5-17(22)16(21)12-15/h3-6,11-13,23,25H,7-10H2,1-2H3,(H,24,27). The molecule has 1 saturated heterocycles. The first kappa shape index (κ1) is 22.3. The molecule has 1 amide bonds. The summed E-state index contributed by atoms with van der Waals surface area (Å²) in [5.41, 5.74) is 1.26. The summed E-state index contributed by atoms with van der Waals surface area (Å²) in [6, 6.07) is 8.05. The number of anilines is 2. The Morgan fingerprint density at radius 3 is 2.50 bits per heavy atom. The molecule has 10 heteroatoms. The molecule has 3 N–H and O–H groups in total. The molecular formula is C20H24ClFN4O3S. The van der Waals surface area contributed by atoms with Crippen molar-refractivity contribution in [2.24, 2.45) is 0 Å². The van der Waals surface area contributed by atoms with Crippen molar-refractivity contribution >= 4 is 38.9 Å². The van der Waals surface area contributed by atoms with Crippen LogP contribution in [0.3, 0.4) is 0 Å². The van der Waals surface area contributed by atoms with Gasteiger partial charge in [0.25, 0.3) is 15.9 Å². The van der Waals surface area contributed by atoms with Gasteiger partial charge in [0.05, 0.1) is 21.3 Å². The van der Waals surface area contributed by atoms with Crippen LogP contribution in [0.1, 0.15) is 24.2 Å². The number of piperazine rings is 1. The molecule has 1 fully saturated rings. The van der Waals surface area contributed by atoms with Gasteiger partial charge >= 0.3 is 0 Å². The van der Waals surface area contributed by atoms with Crippen LogP contribution in [0.5, 0.6) is 0 Å². The minimum absolute atomic E-state index is 0.0631. The van der Waals surface area contributed by atoms with E-state index in [1.165, 1.54) is 6.07 Å². The van der Waals surface area contributed by atoms with Crippen molar-refractivity contribution in [1.82, 2.24) is 10.6 Å². The van der Waals surface area contributed by atoms with Crippen LogP contribution in [-0.2, 0) is 10.0 Å². The number of carbonyl (C=O) groups is 1. The van der Waals surface area contributed by atoms with E-state index in [1.807, 2.05) is 18.7 Å². The first-order chi connectivity index (χ1) is 14.2. The zero-order valence-corrected chi connectivity index (χ0v) is 18.3. The minimum atomic E-state index is -4.05. The molecule has 0 saturated carbocycles. The largest absolute Gasteiger partial charge is 0.367 e.